The zero-order valence-corrected chi connectivity index (χ0v) is 14.5. The van der Waals surface area contributed by atoms with Crippen LogP contribution in [0.25, 0.3) is 0 Å². The third kappa shape index (κ3) is 6.08. The predicted octanol–water partition coefficient (Wildman–Crippen LogP) is 3.17. The molecule has 2 aromatic carbocycles. The molecule has 6 nitrogen and oxygen atoms in total. The summed E-state index contributed by atoms with van der Waals surface area (Å²) in [5, 5.41) is 2.47. The van der Waals surface area contributed by atoms with E-state index in [9.17, 15) is 14.0 Å². The van der Waals surface area contributed by atoms with Crippen LogP contribution in [0, 0.1) is 5.82 Å². The first-order valence-corrected chi connectivity index (χ1v) is 8.09. The van der Waals surface area contributed by atoms with Crippen LogP contribution in [0.2, 0.25) is 0 Å². The van der Waals surface area contributed by atoms with E-state index in [-0.39, 0.29) is 12.3 Å². The van der Waals surface area contributed by atoms with Crippen LogP contribution in [0.15, 0.2) is 48.5 Å². The summed E-state index contributed by atoms with van der Waals surface area (Å²) in [4.78, 5) is 23.8. The molecule has 0 fully saturated rings. The van der Waals surface area contributed by atoms with Crippen molar-refractivity contribution in [3.8, 4) is 11.5 Å². The number of amides is 1. The van der Waals surface area contributed by atoms with Gasteiger partial charge in [-0.25, -0.2) is 9.18 Å². The second kappa shape index (κ2) is 9.41. The van der Waals surface area contributed by atoms with Crippen molar-refractivity contribution in [2.24, 2.45) is 0 Å². The van der Waals surface area contributed by atoms with E-state index in [1.165, 1.54) is 31.2 Å². The largest absolute Gasteiger partial charge is 0.494 e. The number of hydrogen-bond donors (Lipinski definition) is 1. The topological polar surface area (TPSA) is 73.9 Å². The average molecular weight is 361 g/mol. The molecular formula is C19H20FNO5. The molecule has 0 aliphatic rings. The molecule has 1 amide bonds. The van der Waals surface area contributed by atoms with Gasteiger partial charge < -0.3 is 19.5 Å². The minimum Gasteiger partial charge on any atom is -0.494 e. The van der Waals surface area contributed by atoms with Crippen LogP contribution in [-0.2, 0) is 14.3 Å². The first-order valence-electron chi connectivity index (χ1n) is 8.09. The quantitative estimate of drug-likeness (QED) is 0.731. The first kappa shape index (κ1) is 19.2. The Labute approximate surface area is 150 Å². The maximum atomic E-state index is 13.1. The number of benzene rings is 2. The van der Waals surface area contributed by atoms with E-state index in [1.54, 1.807) is 24.3 Å². The van der Waals surface area contributed by atoms with Crippen LogP contribution in [0.1, 0.15) is 13.8 Å². The molecule has 0 saturated heterocycles. The fourth-order valence-corrected chi connectivity index (χ4v) is 2.04. The highest BCUT2D eigenvalue weighted by molar-refractivity contribution is 5.95. The van der Waals surface area contributed by atoms with Crippen molar-refractivity contribution >= 4 is 17.6 Å². The summed E-state index contributed by atoms with van der Waals surface area (Å²) in [7, 11) is 0. The van der Waals surface area contributed by atoms with Gasteiger partial charge in [-0.05, 0) is 56.3 Å². The third-order valence-corrected chi connectivity index (χ3v) is 3.26. The van der Waals surface area contributed by atoms with Gasteiger partial charge in [-0.3, -0.25) is 4.79 Å². The maximum absolute atomic E-state index is 13.1. The molecule has 0 radical (unpaired) electrons. The Bertz CT molecular complexity index is 748. The predicted molar refractivity (Wildman–Crippen MR) is 93.7 cm³/mol. The summed E-state index contributed by atoms with van der Waals surface area (Å²) in [6.07, 6.45) is -1.05. The lowest BCUT2D eigenvalue weighted by molar-refractivity contribution is -0.155. The van der Waals surface area contributed by atoms with Crippen LogP contribution in [0.4, 0.5) is 10.1 Å². The molecule has 2 rings (SSSR count). The van der Waals surface area contributed by atoms with Gasteiger partial charge in [-0.2, -0.15) is 0 Å². The number of nitrogens with one attached hydrogen (secondary N) is 1. The highest BCUT2D eigenvalue weighted by atomic mass is 19.1. The lowest BCUT2D eigenvalue weighted by atomic mass is 10.3. The van der Waals surface area contributed by atoms with Gasteiger partial charge in [0, 0.05) is 5.69 Å². The normalized spacial score (nSPS) is 11.3. The molecule has 2 aromatic rings. The molecule has 0 aliphatic carbocycles. The van der Waals surface area contributed by atoms with Crippen molar-refractivity contribution in [3.63, 3.8) is 0 Å². The van der Waals surface area contributed by atoms with Crippen molar-refractivity contribution in [2.75, 3.05) is 18.5 Å². The van der Waals surface area contributed by atoms with Crippen molar-refractivity contribution < 1.29 is 28.2 Å². The zero-order valence-electron chi connectivity index (χ0n) is 14.5. The summed E-state index contributed by atoms with van der Waals surface area (Å²) in [6, 6.07) is 12.2. The van der Waals surface area contributed by atoms with E-state index in [4.69, 9.17) is 14.2 Å². The monoisotopic (exact) mass is 361 g/mol. The van der Waals surface area contributed by atoms with E-state index in [0.717, 1.165) is 0 Å². The summed E-state index contributed by atoms with van der Waals surface area (Å²) in [5.41, 5.74) is 0.281. The van der Waals surface area contributed by atoms with Gasteiger partial charge in [0.15, 0.2) is 12.7 Å². The molecule has 0 saturated carbocycles. The fourth-order valence-electron chi connectivity index (χ4n) is 2.04. The lowest BCUT2D eigenvalue weighted by Crippen LogP contribution is -2.31. The molecule has 1 unspecified atom stereocenters. The SMILES string of the molecule is CCOc1ccc(OCC(=O)OC(C)C(=O)Nc2cccc(F)c2)cc1. The van der Waals surface area contributed by atoms with Gasteiger partial charge in [0.05, 0.1) is 6.61 Å². The molecule has 0 bridgehead atoms. The Hall–Kier alpha value is -3.09. The van der Waals surface area contributed by atoms with Crippen LogP contribution in [-0.4, -0.2) is 31.2 Å². The van der Waals surface area contributed by atoms with Gasteiger partial charge >= 0.3 is 5.97 Å². The minimum atomic E-state index is -1.05. The molecule has 0 aliphatic heterocycles. The van der Waals surface area contributed by atoms with Gasteiger partial charge in [-0.1, -0.05) is 6.07 Å². The zero-order chi connectivity index (χ0) is 18.9. The highest BCUT2D eigenvalue weighted by Crippen LogP contribution is 2.17. The number of carbonyl (C=O) groups excluding carboxylic acids is 2. The van der Waals surface area contributed by atoms with Crippen LogP contribution >= 0.6 is 0 Å². The standard InChI is InChI=1S/C19H20FNO5/c1-3-24-16-7-9-17(10-8-16)25-12-18(22)26-13(2)19(23)21-15-6-4-5-14(20)11-15/h4-11,13H,3,12H2,1-2H3,(H,21,23). The second-order valence-electron chi connectivity index (χ2n) is 5.32. The Kier molecular flexibility index (Phi) is 6.96. The van der Waals surface area contributed by atoms with E-state index in [0.29, 0.717) is 18.1 Å². The van der Waals surface area contributed by atoms with E-state index in [2.05, 4.69) is 5.32 Å². The van der Waals surface area contributed by atoms with Gasteiger partial charge in [0.1, 0.15) is 17.3 Å². The first-order chi connectivity index (χ1) is 12.5. The van der Waals surface area contributed by atoms with E-state index < -0.39 is 23.8 Å². The van der Waals surface area contributed by atoms with Gasteiger partial charge in [-0.15, -0.1) is 0 Å². The Morgan fingerprint density at radius 3 is 2.35 bits per heavy atom. The number of anilines is 1. The number of rotatable bonds is 8. The van der Waals surface area contributed by atoms with Crippen molar-refractivity contribution in [1.82, 2.24) is 0 Å². The van der Waals surface area contributed by atoms with Crippen molar-refractivity contribution in [1.29, 1.82) is 0 Å². The third-order valence-electron chi connectivity index (χ3n) is 3.26. The van der Waals surface area contributed by atoms with Crippen LogP contribution < -0.4 is 14.8 Å². The van der Waals surface area contributed by atoms with Crippen LogP contribution in [0.3, 0.4) is 0 Å². The molecule has 26 heavy (non-hydrogen) atoms. The molecule has 7 heteroatoms. The number of carbonyl (C=O) groups is 2. The number of halogens is 1. The summed E-state index contributed by atoms with van der Waals surface area (Å²) in [5.74, 6) is -0.561. The Balaban J connectivity index is 1.78. The molecular weight excluding hydrogens is 341 g/mol. The highest BCUT2D eigenvalue weighted by Gasteiger charge is 2.18. The molecule has 1 N–H and O–H groups in total. The maximum Gasteiger partial charge on any atom is 0.344 e. The summed E-state index contributed by atoms with van der Waals surface area (Å²) in [6.45, 7) is 3.52. The molecule has 0 heterocycles. The lowest BCUT2D eigenvalue weighted by Gasteiger charge is -2.14. The fraction of sp³-hybridized carbons (Fsp3) is 0.263. The second-order valence-corrected chi connectivity index (χ2v) is 5.32. The van der Waals surface area contributed by atoms with Crippen molar-refractivity contribution in [3.05, 3.63) is 54.3 Å². The smallest absolute Gasteiger partial charge is 0.344 e. The number of esters is 1. The van der Waals surface area contributed by atoms with Gasteiger partial charge in [0.2, 0.25) is 0 Å². The molecule has 0 spiro atoms. The summed E-state index contributed by atoms with van der Waals surface area (Å²) < 4.78 is 28.7. The minimum absolute atomic E-state index is 0.281. The van der Waals surface area contributed by atoms with Crippen LogP contribution in [0.5, 0.6) is 11.5 Å². The molecule has 138 valence electrons. The number of ether oxygens (including phenoxy) is 3. The average Bonchev–Trinajstić information content (AvgIpc) is 2.61. The van der Waals surface area contributed by atoms with Gasteiger partial charge in [0.25, 0.3) is 5.91 Å². The van der Waals surface area contributed by atoms with E-state index >= 15 is 0 Å². The van der Waals surface area contributed by atoms with E-state index in [1.807, 2.05) is 6.92 Å². The Morgan fingerprint density at radius 1 is 1.08 bits per heavy atom. The molecule has 0 aromatic heterocycles. The van der Waals surface area contributed by atoms with Crippen molar-refractivity contribution in [2.45, 2.75) is 20.0 Å². The summed E-state index contributed by atoms with van der Waals surface area (Å²) >= 11 is 0. The number of hydrogen-bond acceptors (Lipinski definition) is 5. The molecule has 1 atom stereocenters. The Morgan fingerprint density at radius 2 is 1.73 bits per heavy atom.